The first-order valence-electron chi connectivity index (χ1n) is 5.28. The third kappa shape index (κ3) is 2.99. The van der Waals surface area contributed by atoms with Crippen molar-refractivity contribution < 1.29 is 33.4 Å². The van der Waals surface area contributed by atoms with E-state index in [0.717, 1.165) is 5.56 Å². The minimum Gasteiger partial charge on any atom is -0.574 e. The second-order valence-corrected chi connectivity index (χ2v) is 4.92. The molecule has 3 nitrogen and oxygen atoms in total. The third-order valence-electron chi connectivity index (χ3n) is 2.37. The molecule has 1 aliphatic heterocycles. The van der Waals surface area contributed by atoms with E-state index < -0.39 is 6.29 Å². The SMILES string of the molecule is CC(C)(C)[C@@H]1OC([O-])=C(c2ccccc2)O1.[Li+]. The van der Waals surface area contributed by atoms with Gasteiger partial charge in [0.25, 0.3) is 0 Å². The maximum atomic E-state index is 11.6. The van der Waals surface area contributed by atoms with Crippen molar-refractivity contribution in [2.24, 2.45) is 5.41 Å². The van der Waals surface area contributed by atoms with Crippen LogP contribution >= 0.6 is 0 Å². The van der Waals surface area contributed by atoms with Crippen molar-refractivity contribution in [3.63, 3.8) is 0 Å². The van der Waals surface area contributed by atoms with Crippen LogP contribution in [0.4, 0.5) is 0 Å². The van der Waals surface area contributed by atoms with Crippen molar-refractivity contribution in [3.05, 3.63) is 41.8 Å². The predicted molar refractivity (Wildman–Crippen MR) is 58.8 cm³/mol. The minimum absolute atomic E-state index is 0. The number of rotatable bonds is 1. The molecule has 1 aromatic rings. The molecule has 0 fully saturated rings. The summed E-state index contributed by atoms with van der Waals surface area (Å²) >= 11 is 0. The summed E-state index contributed by atoms with van der Waals surface area (Å²) in [6, 6.07) is 9.29. The largest absolute Gasteiger partial charge is 1.00 e. The van der Waals surface area contributed by atoms with Crippen molar-refractivity contribution in [1.82, 2.24) is 0 Å². The molecule has 1 heterocycles. The van der Waals surface area contributed by atoms with Gasteiger partial charge in [-0.25, -0.2) is 0 Å². The van der Waals surface area contributed by atoms with Crippen LogP contribution in [0, 0.1) is 5.41 Å². The van der Waals surface area contributed by atoms with Gasteiger partial charge < -0.3 is 14.6 Å². The number of hydrogen-bond donors (Lipinski definition) is 0. The summed E-state index contributed by atoms with van der Waals surface area (Å²) in [5.41, 5.74) is 0.547. The maximum Gasteiger partial charge on any atom is 1.00 e. The molecule has 0 spiro atoms. The molecule has 1 aliphatic rings. The van der Waals surface area contributed by atoms with Gasteiger partial charge in [0.1, 0.15) is 5.76 Å². The van der Waals surface area contributed by atoms with Gasteiger partial charge in [-0.2, -0.15) is 0 Å². The van der Waals surface area contributed by atoms with Crippen LogP contribution in [-0.2, 0) is 9.47 Å². The summed E-state index contributed by atoms with van der Waals surface area (Å²) in [6.45, 7) is 5.91. The summed E-state index contributed by atoms with van der Waals surface area (Å²) < 4.78 is 10.8. The molecule has 1 atom stereocenters. The van der Waals surface area contributed by atoms with Crippen LogP contribution in [0.15, 0.2) is 36.3 Å². The van der Waals surface area contributed by atoms with Crippen LogP contribution in [-0.4, -0.2) is 6.29 Å². The zero-order chi connectivity index (χ0) is 11.8. The van der Waals surface area contributed by atoms with Crippen LogP contribution in [0.2, 0.25) is 0 Å². The van der Waals surface area contributed by atoms with Crippen LogP contribution in [0.5, 0.6) is 0 Å². The molecule has 0 aromatic heterocycles. The van der Waals surface area contributed by atoms with E-state index in [1.165, 1.54) is 0 Å². The molecule has 0 aliphatic carbocycles. The molecule has 0 unspecified atom stereocenters. The molecule has 4 heteroatoms. The van der Waals surface area contributed by atoms with Gasteiger partial charge in [-0.1, -0.05) is 51.1 Å². The van der Waals surface area contributed by atoms with Gasteiger partial charge in [-0.05, 0) is 0 Å². The van der Waals surface area contributed by atoms with Crippen molar-refractivity contribution in [1.29, 1.82) is 0 Å². The van der Waals surface area contributed by atoms with E-state index in [1.54, 1.807) is 0 Å². The second kappa shape index (κ2) is 5.08. The van der Waals surface area contributed by atoms with Crippen molar-refractivity contribution in [3.8, 4) is 0 Å². The van der Waals surface area contributed by atoms with Gasteiger partial charge in [0, 0.05) is 11.0 Å². The van der Waals surface area contributed by atoms with Gasteiger partial charge in [0.05, 0.1) is 5.95 Å². The van der Waals surface area contributed by atoms with Gasteiger partial charge >= 0.3 is 18.9 Å². The summed E-state index contributed by atoms with van der Waals surface area (Å²) in [4.78, 5) is 0. The van der Waals surface area contributed by atoms with Gasteiger partial charge in [-0.3, -0.25) is 0 Å². The quantitative estimate of drug-likeness (QED) is 0.582. The zero-order valence-electron chi connectivity index (χ0n) is 10.7. The Morgan fingerprint density at radius 1 is 1.06 bits per heavy atom. The second-order valence-electron chi connectivity index (χ2n) is 4.92. The fourth-order valence-electron chi connectivity index (χ4n) is 1.46. The zero-order valence-corrected chi connectivity index (χ0v) is 10.7. The molecule has 1 aromatic carbocycles. The van der Waals surface area contributed by atoms with Gasteiger partial charge in [0.2, 0.25) is 0 Å². The summed E-state index contributed by atoms with van der Waals surface area (Å²) in [6.07, 6.45) is -0.504. The smallest absolute Gasteiger partial charge is 0.574 e. The van der Waals surface area contributed by atoms with E-state index in [0.29, 0.717) is 5.76 Å². The molecule has 0 N–H and O–H groups in total. The minimum atomic E-state index is -0.504. The number of hydrogen-bond acceptors (Lipinski definition) is 3. The molecule has 86 valence electrons. The average molecular weight is 226 g/mol. The van der Waals surface area contributed by atoms with Crippen molar-refractivity contribution in [2.45, 2.75) is 27.1 Å². The van der Waals surface area contributed by atoms with E-state index in [2.05, 4.69) is 0 Å². The molecule has 0 amide bonds. The Morgan fingerprint density at radius 3 is 2.12 bits per heavy atom. The molecule has 2 rings (SSSR count). The van der Waals surface area contributed by atoms with Crippen LogP contribution < -0.4 is 24.0 Å². The first kappa shape index (κ1) is 14.0. The fraction of sp³-hybridized carbons (Fsp3) is 0.385. The third-order valence-corrected chi connectivity index (χ3v) is 2.37. The molecule has 0 radical (unpaired) electrons. The van der Waals surface area contributed by atoms with E-state index >= 15 is 0 Å². The Kier molecular flexibility index (Phi) is 4.19. The maximum absolute atomic E-state index is 11.6. The fourth-order valence-corrected chi connectivity index (χ4v) is 1.46. The molecule has 0 saturated heterocycles. The summed E-state index contributed by atoms with van der Waals surface area (Å²) in [7, 11) is 0. The Balaban J connectivity index is 0.00000144. The first-order chi connectivity index (χ1) is 7.48. The molecule has 0 bridgehead atoms. The van der Waals surface area contributed by atoms with Crippen molar-refractivity contribution >= 4 is 5.76 Å². The summed E-state index contributed by atoms with van der Waals surface area (Å²) in [5, 5.41) is 11.6. The van der Waals surface area contributed by atoms with Crippen LogP contribution in [0.25, 0.3) is 5.76 Å². The Morgan fingerprint density at radius 2 is 1.65 bits per heavy atom. The molecule has 17 heavy (non-hydrogen) atoms. The average Bonchev–Trinajstić information content (AvgIpc) is 2.61. The summed E-state index contributed by atoms with van der Waals surface area (Å²) in [5.74, 6) is -0.0772. The monoisotopic (exact) mass is 226 g/mol. The molecule has 0 saturated carbocycles. The Hall–Kier alpha value is -1.04. The first-order valence-corrected chi connectivity index (χ1v) is 5.28. The Bertz CT molecular complexity index is 406. The van der Waals surface area contributed by atoms with E-state index in [9.17, 15) is 5.11 Å². The van der Waals surface area contributed by atoms with Crippen LogP contribution in [0.1, 0.15) is 26.3 Å². The van der Waals surface area contributed by atoms with E-state index in [-0.39, 0.29) is 30.2 Å². The normalized spacial score (nSPS) is 19.4. The van der Waals surface area contributed by atoms with Gasteiger partial charge in [0.15, 0.2) is 6.29 Å². The Labute approximate surface area is 114 Å². The predicted octanol–water partition coefficient (Wildman–Crippen LogP) is -0.904. The standard InChI is InChI=1S/C13H16O3.Li/c1-13(2,3)12-15-10(11(14)16-12)9-7-5-4-6-8-9;/h4-8,12,14H,1-3H3;/q;+1/p-1/t12-;/m0./s1. The van der Waals surface area contributed by atoms with E-state index in [4.69, 9.17) is 9.47 Å². The number of benzene rings is 1. The molecular formula is C13H15LiO3. The van der Waals surface area contributed by atoms with Crippen molar-refractivity contribution in [2.75, 3.05) is 0 Å². The molecular weight excluding hydrogens is 211 g/mol. The van der Waals surface area contributed by atoms with Crippen LogP contribution in [0.3, 0.4) is 0 Å². The van der Waals surface area contributed by atoms with Gasteiger partial charge in [-0.15, -0.1) is 0 Å². The van der Waals surface area contributed by atoms with E-state index in [1.807, 2.05) is 51.1 Å². The topological polar surface area (TPSA) is 41.5 Å². The number of ether oxygens (including phenoxy) is 2.